The largest absolute Gasteiger partial charge is 0.313 e. The Morgan fingerprint density at radius 2 is 2.00 bits per heavy atom. The molecule has 0 aromatic carbocycles. The Labute approximate surface area is 87.1 Å². The van der Waals surface area contributed by atoms with Crippen molar-refractivity contribution in [1.82, 2.24) is 5.32 Å². The van der Waals surface area contributed by atoms with Gasteiger partial charge >= 0.3 is 0 Å². The predicted octanol–water partition coefficient (Wildman–Crippen LogP) is 2.91. The van der Waals surface area contributed by atoms with E-state index >= 15 is 0 Å². The zero-order valence-corrected chi connectivity index (χ0v) is 9.83. The number of rotatable bonds is 5. The first-order valence-electron chi connectivity index (χ1n) is 5.57. The molecule has 1 rings (SSSR count). The summed E-state index contributed by atoms with van der Waals surface area (Å²) < 4.78 is 0. The van der Waals surface area contributed by atoms with Crippen LogP contribution < -0.4 is 5.32 Å². The molecule has 0 saturated heterocycles. The molecule has 0 aliphatic heterocycles. The molecule has 0 aromatic heterocycles. The summed E-state index contributed by atoms with van der Waals surface area (Å²) in [6, 6.07) is 0.743. The minimum atomic E-state index is 0.743. The molecule has 1 aliphatic carbocycles. The number of hydrogen-bond acceptors (Lipinski definition) is 2. The lowest BCUT2D eigenvalue weighted by Gasteiger charge is -2.28. The van der Waals surface area contributed by atoms with E-state index in [9.17, 15) is 0 Å². The van der Waals surface area contributed by atoms with Crippen LogP contribution in [0, 0.1) is 5.92 Å². The second kappa shape index (κ2) is 6.72. The zero-order valence-electron chi connectivity index (χ0n) is 9.01. The van der Waals surface area contributed by atoms with Crippen LogP contribution in [0.25, 0.3) is 0 Å². The monoisotopic (exact) mass is 201 g/mol. The molecule has 0 aromatic rings. The molecule has 78 valence electrons. The third kappa shape index (κ3) is 4.37. The summed E-state index contributed by atoms with van der Waals surface area (Å²) in [7, 11) is 0. The average molecular weight is 201 g/mol. The Balaban J connectivity index is 2.09. The molecule has 1 fully saturated rings. The van der Waals surface area contributed by atoms with Gasteiger partial charge in [0.15, 0.2) is 0 Å². The van der Waals surface area contributed by atoms with E-state index in [0.717, 1.165) is 12.0 Å². The maximum atomic E-state index is 3.63. The second-order valence-corrected chi connectivity index (χ2v) is 5.12. The van der Waals surface area contributed by atoms with Gasteiger partial charge in [-0.1, -0.05) is 19.3 Å². The van der Waals surface area contributed by atoms with E-state index in [4.69, 9.17) is 0 Å². The zero-order chi connectivity index (χ0) is 9.52. The van der Waals surface area contributed by atoms with E-state index in [1.807, 2.05) is 11.8 Å². The lowest BCUT2D eigenvalue weighted by atomic mass is 9.84. The average Bonchev–Trinajstić information content (AvgIpc) is 2.19. The van der Waals surface area contributed by atoms with Crippen molar-refractivity contribution in [3.05, 3.63) is 0 Å². The normalized spacial score (nSPS) is 21.7. The van der Waals surface area contributed by atoms with Crippen molar-refractivity contribution in [2.75, 3.05) is 18.6 Å². The van der Waals surface area contributed by atoms with Crippen LogP contribution in [0.15, 0.2) is 0 Å². The molecule has 0 heterocycles. The Morgan fingerprint density at radius 1 is 1.31 bits per heavy atom. The number of nitrogens with one attached hydrogen (secondary N) is 1. The highest BCUT2D eigenvalue weighted by Gasteiger charge is 2.18. The van der Waals surface area contributed by atoms with Crippen molar-refractivity contribution in [3.63, 3.8) is 0 Å². The fourth-order valence-electron chi connectivity index (χ4n) is 2.19. The standard InChI is InChI=1S/C11H23NS/c1-10(12-8-9-13-2)11-6-4-3-5-7-11/h10-12H,3-9H2,1-2H3. The summed E-state index contributed by atoms with van der Waals surface area (Å²) in [5.41, 5.74) is 0. The first-order chi connectivity index (χ1) is 6.34. The fourth-order valence-corrected chi connectivity index (χ4v) is 2.51. The molecule has 13 heavy (non-hydrogen) atoms. The highest BCUT2D eigenvalue weighted by molar-refractivity contribution is 7.98. The molecule has 1 N–H and O–H groups in total. The SMILES string of the molecule is CSCCNC(C)C1CCCCC1. The second-order valence-electron chi connectivity index (χ2n) is 4.13. The van der Waals surface area contributed by atoms with Crippen LogP contribution in [0.4, 0.5) is 0 Å². The van der Waals surface area contributed by atoms with Gasteiger partial charge < -0.3 is 5.32 Å². The van der Waals surface area contributed by atoms with Crippen molar-refractivity contribution < 1.29 is 0 Å². The molecule has 1 nitrogen and oxygen atoms in total. The topological polar surface area (TPSA) is 12.0 Å². The third-order valence-corrected chi connectivity index (χ3v) is 3.74. The predicted molar refractivity (Wildman–Crippen MR) is 62.4 cm³/mol. The minimum Gasteiger partial charge on any atom is -0.313 e. The summed E-state index contributed by atoms with van der Waals surface area (Å²) in [4.78, 5) is 0. The van der Waals surface area contributed by atoms with Crippen molar-refractivity contribution >= 4 is 11.8 Å². The fraction of sp³-hybridized carbons (Fsp3) is 1.00. The molecule has 0 bridgehead atoms. The highest BCUT2D eigenvalue weighted by atomic mass is 32.2. The van der Waals surface area contributed by atoms with Crippen molar-refractivity contribution in [3.8, 4) is 0 Å². The Hall–Kier alpha value is 0.310. The lowest BCUT2D eigenvalue weighted by molar-refractivity contribution is 0.285. The van der Waals surface area contributed by atoms with Gasteiger partial charge in [0.1, 0.15) is 0 Å². The molecule has 1 atom stereocenters. The summed E-state index contributed by atoms with van der Waals surface area (Å²) in [5, 5.41) is 3.63. The van der Waals surface area contributed by atoms with Crippen LogP contribution >= 0.6 is 11.8 Å². The summed E-state index contributed by atoms with van der Waals surface area (Å²) >= 11 is 1.93. The first-order valence-corrected chi connectivity index (χ1v) is 6.96. The summed E-state index contributed by atoms with van der Waals surface area (Å²) in [5.74, 6) is 2.20. The Morgan fingerprint density at radius 3 is 2.62 bits per heavy atom. The van der Waals surface area contributed by atoms with Gasteiger partial charge in [-0.2, -0.15) is 11.8 Å². The van der Waals surface area contributed by atoms with E-state index in [-0.39, 0.29) is 0 Å². The molecule has 0 amide bonds. The third-order valence-electron chi connectivity index (χ3n) is 3.13. The van der Waals surface area contributed by atoms with Crippen molar-refractivity contribution in [2.24, 2.45) is 5.92 Å². The van der Waals surface area contributed by atoms with Gasteiger partial charge in [0.25, 0.3) is 0 Å². The smallest absolute Gasteiger partial charge is 0.00673 e. The molecule has 1 unspecified atom stereocenters. The van der Waals surface area contributed by atoms with Crippen molar-refractivity contribution in [1.29, 1.82) is 0 Å². The van der Waals surface area contributed by atoms with Gasteiger partial charge in [-0.05, 0) is 31.9 Å². The van der Waals surface area contributed by atoms with E-state index in [1.165, 1.54) is 44.4 Å². The van der Waals surface area contributed by atoms with E-state index in [2.05, 4.69) is 18.5 Å². The molecule has 1 saturated carbocycles. The van der Waals surface area contributed by atoms with Gasteiger partial charge in [-0.3, -0.25) is 0 Å². The summed E-state index contributed by atoms with van der Waals surface area (Å²) in [6.07, 6.45) is 9.46. The van der Waals surface area contributed by atoms with E-state index in [0.29, 0.717) is 0 Å². The summed E-state index contributed by atoms with van der Waals surface area (Å²) in [6.45, 7) is 3.54. The van der Waals surface area contributed by atoms with Crippen LogP contribution in [0.5, 0.6) is 0 Å². The highest BCUT2D eigenvalue weighted by Crippen LogP contribution is 2.26. The molecule has 0 spiro atoms. The molecule has 0 radical (unpaired) electrons. The minimum absolute atomic E-state index is 0.743. The van der Waals surface area contributed by atoms with E-state index in [1.54, 1.807) is 0 Å². The van der Waals surface area contributed by atoms with Crippen LogP contribution in [-0.2, 0) is 0 Å². The first kappa shape index (κ1) is 11.4. The molecular weight excluding hydrogens is 178 g/mol. The quantitative estimate of drug-likeness (QED) is 0.686. The lowest BCUT2D eigenvalue weighted by Crippen LogP contribution is -2.35. The number of hydrogen-bond donors (Lipinski definition) is 1. The number of thioether (sulfide) groups is 1. The maximum Gasteiger partial charge on any atom is 0.00673 e. The van der Waals surface area contributed by atoms with Crippen LogP contribution in [0.3, 0.4) is 0 Å². The van der Waals surface area contributed by atoms with Gasteiger partial charge in [0.2, 0.25) is 0 Å². The maximum absolute atomic E-state index is 3.63. The van der Waals surface area contributed by atoms with Gasteiger partial charge in [-0.15, -0.1) is 0 Å². The van der Waals surface area contributed by atoms with Crippen LogP contribution in [-0.4, -0.2) is 24.6 Å². The molecule has 2 heteroatoms. The van der Waals surface area contributed by atoms with Crippen LogP contribution in [0.2, 0.25) is 0 Å². The Bertz CT molecular complexity index is 121. The Kier molecular flexibility index (Phi) is 5.88. The van der Waals surface area contributed by atoms with Gasteiger partial charge in [0, 0.05) is 18.3 Å². The van der Waals surface area contributed by atoms with Crippen LogP contribution in [0.1, 0.15) is 39.0 Å². The van der Waals surface area contributed by atoms with Crippen molar-refractivity contribution in [2.45, 2.75) is 45.1 Å². The van der Waals surface area contributed by atoms with Gasteiger partial charge in [-0.25, -0.2) is 0 Å². The molecular formula is C11H23NS. The van der Waals surface area contributed by atoms with Gasteiger partial charge in [0.05, 0.1) is 0 Å². The van der Waals surface area contributed by atoms with E-state index < -0.39 is 0 Å². The molecule has 1 aliphatic rings.